The summed E-state index contributed by atoms with van der Waals surface area (Å²) in [4.78, 5) is 11.2. The standard InChI is InChI=1S/C23H30N8O3S/c1-3-35(32,33)31-11-9-23(15-31)8-10-30(14-23)18-13-26-20(24)19(27-18)22-29-28-21(34-22)17-6-4-16(5-7-17)12-25-2/h4-7,13,25H,3,8-12,14-15H2,1-2H3,(H2,24,26). The van der Waals surface area contributed by atoms with Gasteiger partial charge in [0.25, 0.3) is 5.89 Å². The molecule has 1 spiro atoms. The normalized spacial score (nSPS) is 20.8. The highest BCUT2D eigenvalue weighted by Crippen LogP contribution is 2.42. The Bertz CT molecular complexity index is 1310. The van der Waals surface area contributed by atoms with Gasteiger partial charge < -0.3 is 20.4 Å². The van der Waals surface area contributed by atoms with Crippen molar-refractivity contribution in [1.29, 1.82) is 0 Å². The zero-order valence-electron chi connectivity index (χ0n) is 19.9. The molecule has 2 aliphatic rings. The van der Waals surface area contributed by atoms with E-state index in [1.54, 1.807) is 17.4 Å². The molecule has 186 valence electrons. The SMILES string of the molecule is CCS(=O)(=O)N1CCC2(CCN(c3cnc(N)c(-c4nnc(-c5ccc(CNC)cc5)o4)n3)C2)C1. The van der Waals surface area contributed by atoms with E-state index in [0.29, 0.717) is 30.5 Å². The topological polar surface area (TPSA) is 143 Å². The van der Waals surface area contributed by atoms with Crippen LogP contribution in [0.1, 0.15) is 25.3 Å². The molecule has 2 aliphatic heterocycles. The lowest BCUT2D eigenvalue weighted by Gasteiger charge is -2.25. The first kappa shape index (κ1) is 23.6. The van der Waals surface area contributed by atoms with Gasteiger partial charge in [-0.2, -0.15) is 0 Å². The summed E-state index contributed by atoms with van der Waals surface area (Å²) in [5, 5.41) is 11.5. The van der Waals surface area contributed by atoms with Crippen LogP contribution in [0.4, 0.5) is 11.6 Å². The molecular weight excluding hydrogens is 468 g/mol. The first-order chi connectivity index (χ1) is 16.8. The third kappa shape index (κ3) is 4.60. The smallest absolute Gasteiger partial charge is 0.270 e. The lowest BCUT2D eigenvalue weighted by atomic mass is 9.87. The quantitative estimate of drug-likeness (QED) is 0.494. The second-order valence-electron chi connectivity index (χ2n) is 9.26. The number of nitrogens with zero attached hydrogens (tertiary/aromatic N) is 6. The van der Waals surface area contributed by atoms with Crippen LogP contribution < -0.4 is 16.0 Å². The Morgan fingerprint density at radius 1 is 1.11 bits per heavy atom. The van der Waals surface area contributed by atoms with E-state index in [9.17, 15) is 8.42 Å². The van der Waals surface area contributed by atoms with E-state index in [1.165, 1.54) is 0 Å². The largest absolute Gasteiger partial charge is 0.414 e. The van der Waals surface area contributed by atoms with Crippen LogP contribution in [-0.2, 0) is 16.6 Å². The fourth-order valence-electron chi connectivity index (χ4n) is 4.88. The predicted octanol–water partition coefficient (Wildman–Crippen LogP) is 1.75. The van der Waals surface area contributed by atoms with Crippen LogP contribution in [0.5, 0.6) is 0 Å². The maximum Gasteiger partial charge on any atom is 0.270 e. The molecule has 1 unspecified atom stereocenters. The van der Waals surface area contributed by atoms with Gasteiger partial charge in [-0.15, -0.1) is 10.2 Å². The molecule has 0 bridgehead atoms. The average molecular weight is 499 g/mol. The summed E-state index contributed by atoms with van der Waals surface area (Å²) < 4.78 is 32.2. The van der Waals surface area contributed by atoms with Crippen molar-refractivity contribution in [3.63, 3.8) is 0 Å². The van der Waals surface area contributed by atoms with Gasteiger partial charge in [-0.25, -0.2) is 22.7 Å². The van der Waals surface area contributed by atoms with Crippen LogP contribution in [0.3, 0.4) is 0 Å². The molecule has 35 heavy (non-hydrogen) atoms. The van der Waals surface area contributed by atoms with Crippen molar-refractivity contribution in [2.45, 2.75) is 26.3 Å². The minimum Gasteiger partial charge on any atom is -0.414 e. The number of nitrogen functional groups attached to an aromatic ring is 1. The van der Waals surface area contributed by atoms with Gasteiger partial charge >= 0.3 is 0 Å². The molecule has 2 saturated heterocycles. The maximum absolute atomic E-state index is 12.3. The average Bonchev–Trinajstić information content (AvgIpc) is 3.61. The number of anilines is 2. The van der Waals surface area contributed by atoms with Gasteiger partial charge in [0.15, 0.2) is 11.5 Å². The highest BCUT2D eigenvalue weighted by Gasteiger charge is 2.46. The molecule has 0 aliphatic carbocycles. The zero-order chi connectivity index (χ0) is 24.6. The molecule has 0 radical (unpaired) electrons. The van der Waals surface area contributed by atoms with E-state index in [2.05, 4.69) is 25.4 Å². The molecule has 0 saturated carbocycles. The Morgan fingerprint density at radius 3 is 2.60 bits per heavy atom. The van der Waals surface area contributed by atoms with Crippen LogP contribution in [0.2, 0.25) is 0 Å². The number of nitrogens with one attached hydrogen (secondary N) is 1. The number of nitrogens with two attached hydrogens (primary N) is 1. The summed E-state index contributed by atoms with van der Waals surface area (Å²) >= 11 is 0. The van der Waals surface area contributed by atoms with E-state index in [4.69, 9.17) is 15.1 Å². The molecule has 1 atom stereocenters. The Morgan fingerprint density at radius 2 is 1.86 bits per heavy atom. The Kier molecular flexibility index (Phi) is 6.20. The van der Waals surface area contributed by atoms with E-state index in [0.717, 1.165) is 43.6 Å². The first-order valence-electron chi connectivity index (χ1n) is 11.8. The minimum absolute atomic E-state index is 0.0669. The molecule has 12 heteroatoms. The minimum atomic E-state index is -3.18. The van der Waals surface area contributed by atoms with Crippen LogP contribution >= 0.6 is 0 Å². The predicted molar refractivity (Wildman–Crippen MR) is 133 cm³/mol. The molecule has 4 heterocycles. The van der Waals surface area contributed by atoms with Gasteiger partial charge in [0.2, 0.25) is 15.9 Å². The molecular formula is C23H30N8O3S. The highest BCUT2D eigenvalue weighted by molar-refractivity contribution is 7.89. The Hall–Kier alpha value is -3.09. The van der Waals surface area contributed by atoms with Crippen molar-refractivity contribution in [3.05, 3.63) is 36.0 Å². The van der Waals surface area contributed by atoms with Crippen molar-refractivity contribution < 1.29 is 12.8 Å². The van der Waals surface area contributed by atoms with Gasteiger partial charge in [-0.05, 0) is 44.5 Å². The number of aromatic nitrogens is 4. The maximum atomic E-state index is 12.3. The molecule has 3 N–H and O–H groups in total. The molecule has 2 aromatic heterocycles. The molecule has 2 fully saturated rings. The third-order valence-corrected chi connectivity index (χ3v) is 8.75. The van der Waals surface area contributed by atoms with Crippen molar-refractivity contribution >= 4 is 21.7 Å². The summed E-state index contributed by atoms with van der Waals surface area (Å²) in [6.45, 7) is 5.08. The van der Waals surface area contributed by atoms with Gasteiger partial charge in [-0.1, -0.05) is 12.1 Å². The molecule has 1 aromatic carbocycles. The van der Waals surface area contributed by atoms with Crippen molar-refractivity contribution in [2.24, 2.45) is 5.41 Å². The summed E-state index contributed by atoms with van der Waals surface area (Å²) in [7, 11) is -1.28. The second kappa shape index (κ2) is 9.17. The number of hydrogen-bond donors (Lipinski definition) is 2. The number of benzene rings is 1. The fraction of sp³-hybridized carbons (Fsp3) is 0.478. The fourth-order valence-corrected chi connectivity index (χ4v) is 6.09. The second-order valence-corrected chi connectivity index (χ2v) is 11.5. The van der Waals surface area contributed by atoms with Crippen LogP contribution in [0.15, 0.2) is 34.9 Å². The summed E-state index contributed by atoms with van der Waals surface area (Å²) in [6, 6.07) is 7.87. The number of rotatable bonds is 7. The van der Waals surface area contributed by atoms with Gasteiger partial charge in [0.1, 0.15) is 5.82 Å². The Balaban J connectivity index is 1.34. The summed E-state index contributed by atoms with van der Waals surface area (Å²) in [6.07, 6.45) is 3.39. The summed E-state index contributed by atoms with van der Waals surface area (Å²) in [5.41, 5.74) is 8.35. The van der Waals surface area contributed by atoms with E-state index >= 15 is 0 Å². The van der Waals surface area contributed by atoms with Crippen LogP contribution in [0.25, 0.3) is 23.0 Å². The number of sulfonamides is 1. The van der Waals surface area contributed by atoms with Gasteiger partial charge in [-0.3, -0.25) is 0 Å². The van der Waals surface area contributed by atoms with Crippen molar-refractivity contribution in [2.75, 3.05) is 49.6 Å². The van der Waals surface area contributed by atoms with Crippen LogP contribution in [-0.4, -0.2) is 71.9 Å². The highest BCUT2D eigenvalue weighted by atomic mass is 32.2. The third-order valence-electron chi connectivity index (χ3n) is 6.92. The zero-order valence-corrected chi connectivity index (χ0v) is 20.8. The van der Waals surface area contributed by atoms with Crippen LogP contribution in [0, 0.1) is 5.41 Å². The Labute approximate surface area is 204 Å². The number of hydrogen-bond acceptors (Lipinski definition) is 10. The lowest BCUT2D eigenvalue weighted by molar-refractivity contribution is 0.341. The van der Waals surface area contributed by atoms with E-state index < -0.39 is 10.0 Å². The van der Waals surface area contributed by atoms with Crippen molar-refractivity contribution in [3.8, 4) is 23.0 Å². The molecule has 11 nitrogen and oxygen atoms in total. The molecule has 3 aromatic rings. The van der Waals surface area contributed by atoms with Gasteiger partial charge in [0.05, 0.1) is 11.9 Å². The monoisotopic (exact) mass is 498 g/mol. The van der Waals surface area contributed by atoms with E-state index in [1.807, 2.05) is 31.3 Å². The first-order valence-corrected chi connectivity index (χ1v) is 13.4. The van der Waals surface area contributed by atoms with Gasteiger partial charge in [0, 0.05) is 43.7 Å². The van der Waals surface area contributed by atoms with Crippen molar-refractivity contribution in [1.82, 2.24) is 29.8 Å². The molecule has 0 amide bonds. The lowest BCUT2D eigenvalue weighted by Crippen LogP contribution is -2.35. The summed E-state index contributed by atoms with van der Waals surface area (Å²) in [5.74, 6) is 1.60. The van der Waals surface area contributed by atoms with E-state index in [-0.39, 0.29) is 22.9 Å². The molecule has 5 rings (SSSR count).